The highest BCUT2D eigenvalue weighted by Crippen LogP contribution is 2.36. The van der Waals surface area contributed by atoms with Gasteiger partial charge in [-0.3, -0.25) is 4.98 Å². The number of carboxylic acid groups (broad SMARTS) is 1. The number of hydrogen-bond donors (Lipinski definition) is 1. The first-order chi connectivity index (χ1) is 14.5. The molecule has 0 spiro atoms. The minimum atomic E-state index is -1.01. The maximum atomic E-state index is 12.5. The van der Waals surface area contributed by atoms with Crippen LogP contribution in [0.5, 0.6) is 0 Å². The third kappa shape index (κ3) is 6.03. The largest absolute Gasteiger partial charge is 0.480 e. The van der Waals surface area contributed by atoms with Crippen LogP contribution in [0.4, 0.5) is 4.79 Å². The first-order valence-corrected chi connectivity index (χ1v) is 10.7. The summed E-state index contributed by atoms with van der Waals surface area (Å²) in [7, 11) is 0. The van der Waals surface area contributed by atoms with Crippen LogP contribution in [-0.2, 0) is 26.5 Å². The van der Waals surface area contributed by atoms with Gasteiger partial charge in [-0.15, -0.1) is 0 Å². The van der Waals surface area contributed by atoms with E-state index in [2.05, 4.69) is 20.9 Å². The number of halogens is 1. The number of ether oxygens (including phenoxy) is 2. The van der Waals surface area contributed by atoms with Crippen LogP contribution in [0.25, 0.3) is 0 Å². The van der Waals surface area contributed by atoms with E-state index < -0.39 is 11.6 Å². The fourth-order valence-electron chi connectivity index (χ4n) is 3.66. The smallest absolute Gasteiger partial charge is 0.410 e. The van der Waals surface area contributed by atoms with E-state index in [9.17, 15) is 9.59 Å². The lowest BCUT2D eigenvalue weighted by Crippen LogP contribution is -2.40. The molecule has 1 aliphatic rings. The number of rotatable bonds is 6. The molecule has 1 aromatic heterocycles. The number of carbonyl (C=O) groups excluding carboxylic acids is 1. The van der Waals surface area contributed by atoms with Crippen molar-refractivity contribution >= 4 is 28.0 Å². The van der Waals surface area contributed by atoms with E-state index in [1.165, 1.54) is 0 Å². The Bertz CT molecular complexity index is 834. The molecule has 0 radical (unpaired) electrons. The van der Waals surface area contributed by atoms with Crippen LogP contribution in [0.1, 0.15) is 36.9 Å². The van der Waals surface area contributed by atoms with Gasteiger partial charge >= 0.3 is 12.1 Å². The van der Waals surface area contributed by atoms with Gasteiger partial charge in [0.25, 0.3) is 0 Å². The molecule has 0 saturated carbocycles. The SMILES string of the molecule is O=C(O)COC1(c2ccc(Br)cn2)CCCN(C(=O)OCc2ccccc2)CCC1. The maximum absolute atomic E-state index is 12.5. The molecule has 0 aliphatic carbocycles. The fraction of sp³-hybridized carbons (Fsp3) is 0.409. The molecular formula is C22H25BrN2O5. The summed E-state index contributed by atoms with van der Waals surface area (Å²) in [5, 5.41) is 9.12. The molecule has 2 heterocycles. The number of hydrogen-bond acceptors (Lipinski definition) is 5. The summed E-state index contributed by atoms with van der Waals surface area (Å²) >= 11 is 3.38. The second kappa shape index (κ2) is 10.5. The normalized spacial score (nSPS) is 16.4. The standard InChI is InChI=1S/C22H25BrN2O5/c23-18-8-9-19(24-14-18)22(30-16-20(26)27)10-4-12-25(13-5-11-22)21(28)29-15-17-6-2-1-3-7-17/h1-3,6-9,14H,4-5,10-13,15-16H2,(H,26,27). The highest BCUT2D eigenvalue weighted by atomic mass is 79.9. The van der Waals surface area contributed by atoms with Crippen molar-refractivity contribution in [1.29, 1.82) is 0 Å². The summed E-state index contributed by atoms with van der Waals surface area (Å²) in [5.41, 5.74) is 0.881. The molecule has 0 atom stereocenters. The Hall–Kier alpha value is -2.45. The lowest BCUT2D eigenvalue weighted by Gasteiger charge is -2.36. The summed E-state index contributed by atoms with van der Waals surface area (Å²) in [4.78, 5) is 29.8. The molecule has 1 aromatic carbocycles. The van der Waals surface area contributed by atoms with Crippen LogP contribution in [0, 0.1) is 0 Å². The van der Waals surface area contributed by atoms with E-state index in [1.807, 2.05) is 42.5 Å². The molecule has 1 aliphatic heterocycles. The van der Waals surface area contributed by atoms with Crippen LogP contribution >= 0.6 is 15.9 Å². The van der Waals surface area contributed by atoms with E-state index in [1.54, 1.807) is 11.1 Å². The van der Waals surface area contributed by atoms with Gasteiger partial charge < -0.3 is 19.5 Å². The Morgan fingerprint density at radius 3 is 2.40 bits per heavy atom. The van der Waals surface area contributed by atoms with Gasteiger partial charge in [0.05, 0.1) is 5.69 Å². The Morgan fingerprint density at radius 2 is 1.80 bits per heavy atom. The minimum Gasteiger partial charge on any atom is -0.480 e. The fourth-order valence-corrected chi connectivity index (χ4v) is 3.90. The number of pyridine rings is 1. The molecule has 1 saturated heterocycles. The van der Waals surface area contributed by atoms with E-state index >= 15 is 0 Å². The number of carboxylic acids is 1. The second-order valence-electron chi connectivity index (χ2n) is 7.27. The summed E-state index contributed by atoms with van der Waals surface area (Å²) in [5.74, 6) is -1.01. The number of amides is 1. The molecule has 30 heavy (non-hydrogen) atoms. The lowest BCUT2D eigenvalue weighted by molar-refractivity contribution is -0.153. The monoisotopic (exact) mass is 476 g/mol. The maximum Gasteiger partial charge on any atom is 0.410 e. The van der Waals surface area contributed by atoms with Crippen LogP contribution in [0.3, 0.4) is 0 Å². The van der Waals surface area contributed by atoms with Crippen molar-refractivity contribution in [2.75, 3.05) is 19.7 Å². The zero-order valence-corrected chi connectivity index (χ0v) is 18.2. The average molecular weight is 477 g/mol. The topological polar surface area (TPSA) is 89.0 Å². The summed E-state index contributed by atoms with van der Waals surface area (Å²) in [6.07, 6.45) is 3.79. The van der Waals surface area contributed by atoms with Gasteiger partial charge in [-0.25, -0.2) is 9.59 Å². The Morgan fingerprint density at radius 1 is 1.10 bits per heavy atom. The van der Waals surface area contributed by atoms with E-state index in [-0.39, 0.29) is 19.3 Å². The summed E-state index contributed by atoms with van der Waals surface area (Å²) < 4.78 is 12.2. The third-order valence-corrected chi connectivity index (χ3v) is 5.62. The van der Waals surface area contributed by atoms with E-state index in [0.29, 0.717) is 44.5 Å². The van der Waals surface area contributed by atoms with Crippen molar-refractivity contribution in [1.82, 2.24) is 9.88 Å². The van der Waals surface area contributed by atoms with Gasteiger partial charge in [0.2, 0.25) is 0 Å². The van der Waals surface area contributed by atoms with Crippen LogP contribution in [0.15, 0.2) is 53.1 Å². The molecule has 7 nitrogen and oxygen atoms in total. The van der Waals surface area contributed by atoms with Gasteiger partial charge in [0.15, 0.2) is 0 Å². The van der Waals surface area contributed by atoms with Gasteiger partial charge in [-0.2, -0.15) is 0 Å². The Balaban J connectivity index is 1.63. The molecule has 1 amide bonds. The highest BCUT2D eigenvalue weighted by Gasteiger charge is 2.36. The van der Waals surface area contributed by atoms with Gasteiger partial charge in [0, 0.05) is 23.8 Å². The van der Waals surface area contributed by atoms with E-state index in [0.717, 1.165) is 10.0 Å². The predicted octanol–water partition coefficient (Wildman–Crippen LogP) is 4.35. The van der Waals surface area contributed by atoms with Gasteiger partial charge in [-0.05, 0) is 59.3 Å². The van der Waals surface area contributed by atoms with Crippen molar-refractivity contribution in [3.63, 3.8) is 0 Å². The number of nitrogens with zero attached hydrogens (tertiary/aromatic N) is 2. The lowest BCUT2D eigenvalue weighted by atomic mass is 9.86. The van der Waals surface area contributed by atoms with Crippen LogP contribution < -0.4 is 0 Å². The summed E-state index contributed by atoms with van der Waals surface area (Å²) in [6.45, 7) is 0.885. The van der Waals surface area contributed by atoms with Crippen LogP contribution in [-0.4, -0.2) is 46.7 Å². The first kappa shape index (κ1) is 22.2. The van der Waals surface area contributed by atoms with Crippen molar-refractivity contribution in [2.24, 2.45) is 0 Å². The second-order valence-corrected chi connectivity index (χ2v) is 8.19. The Labute approximate surface area is 184 Å². The van der Waals surface area contributed by atoms with Crippen molar-refractivity contribution in [2.45, 2.75) is 37.9 Å². The van der Waals surface area contributed by atoms with Crippen molar-refractivity contribution in [3.8, 4) is 0 Å². The van der Waals surface area contributed by atoms with Crippen molar-refractivity contribution < 1.29 is 24.2 Å². The molecular weight excluding hydrogens is 452 g/mol. The molecule has 160 valence electrons. The minimum absolute atomic E-state index is 0.241. The first-order valence-electron chi connectivity index (χ1n) is 9.92. The van der Waals surface area contributed by atoms with E-state index in [4.69, 9.17) is 14.6 Å². The van der Waals surface area contributed by atoms with Crippen molar-refractivity contribution in [3.05, 3.63) is 64.4 Å². The number of likely N-dealkylation sites (tertiary alicyclic amines) is 1. The molecule has 0 bridgehead atoms. The predicted molar refractivity (Wildman–Crippen MR) is 114 cm³/mol. The summed E-state index contributed by atoms with van der Waals surface area (Å²) in [6, 6.07) is 13.3. The zero-order valence-electron chi connectivity index (χ0n) is 16.6. The number of aromatic nitrogens is 1. The highest BCUT2D eigenvalue weighted by molar-refractivity contribution is 9.10. The Kier molecular flexibility index (Phi) is 7.81. The molecule has 8 heteroatoms. The third-order valence-electron chi connectivity index (χ3n) is 5.15. The van der Waals surface area contributed by atoms with Gasteiger partial charge in [-0.1, -0.05) is 30.3 Å². The molecule has 3 rings (SSSR count). The molecule has 2 aromatic rings. The number of carbonyl (C=O) groups is 2. The molecule has 1 fully saturated rings. The zero-order chi connectivity index (χ0) is 21.4. The number of aliphatic carboxylic acids is 1. The molecule has 0 unspecified atom stereocenters. The quantitative estimate of drug-likeness (QED) is 0.666. The average Bonchev–Trinajstić information content (AvgIpc) is 2.73. The number of benzene rings is 1. The molecule has 1 N–H and O–H groups in total. The van der Waals surface area contributed by atoms with Gasteiger partial charge in [0.1, 0.15) is 18.8 Å². The van der Waals surface area contributed by atoms with Crippen LogP contribution in [0.2, 0.25) is 0 Å².